The molecule has 0 unspecified atom stereocenters. The summed E-state index contributed by atoms with van der Waals surface area (Å²) >= 11 is 6.10. The van der Waals surface area contributed by atoms with E-state index in [1.54, 1.807) is 14.2 Å². The van der Waals surface area contributed by atoms with Crippen LogP contribution in [-0.4, -0.2) is 43.1 Å². The maximum absolute atomic E-state index is 12.8. The van der Waals surface area contributed by atoms with E-state index < -0.39 is 0 Å². The first kappa shape index (κ1) is 19.6. The van der Waals surface area contributed by atoms with Crippen LogP contribution in [0.4, 0.5) is 0 Å². The van der Waals surface area contributed by atoms with E-state index in [-0.39, 0.29) is 5.91 Å². The molecule has 1 aromatic heterocycles. The molecule has 1 fully saturated rings. The first-order chi connectivity index (χ1) is 14.1. The first-order valence-corrected chi connectivity index (χ1v) is 10.2. The zero-order chi connectivity index (χ0) is 20.4. The molecule has 4 rings (SSSR count). The fraction of sp³-hybridized carbons (Fsp3) is 0.348. The average Bonchev–Trinajstić information content (AvgIpc) is 3.17. The molecule has 3 aromatic rings. The molecule has 1 aliphatic heterocycles. The summed E-state index contributed by atoms with van der Waals surface area (Å²) in [7, 11) is 3.21. The van der Waals surface area contributed by atoms with Gasteiger partial charge in [-0.3, -0.25) is 4.79 Å². The number of methoxy groups -OCH3 is 2. The van der Waals surface area contributed by atoms with Gasteiger partial charge in [-0.1, -0.05) is 17.7 Å². The van der Waals surface area contributed by atoms with Crippen molar-refractivity contribution in [2.24, 2.45) is 0 Å². The smallest absolute Gasteiger partial charge is 0.226 e. The van der Waals surface area contributed by atoms with Crippen LogP contribution >= 0.6 is 11.6 Å². The molecule has 1 aliphatic rings. The van der Waals surface area contributed by atoms with Crippen LogP contribution in [0.25, 0.3) is 10.9 Å². The number of amides is 1. The van der Waals surface area contributed by atoms with Gasteiger partial charge in [0.1, 0.15) is 0 Å². The number of aromatic amines is 1. The Bertz CT molecular complexity index is 1020. The van der Waals surface area contributed by atoms with Crippen molar-refractivity contribution in [2.75, 3.05) is 27.3 Å². The number of likely N-dealkylation sites (tertiary alicyclic amines) is 1. The second-order valence-corrected chi connectivity index (χ2v) is 7.91. The number of carbonyl (C=O) groups is 1. The Morgan fingerprint density at radius 3 is 2.55 bits per heavy atom. The largest absolute Gasteiger partial charge is 0.493 e. The monoisotopic (exact) mass is 412 g/mol. The zero-order valence-electron chi connectivity index (χ0n) is 16.7. The van der Waals surface area contributed by atoms with Crippen molar-refractivity contribution in [1.29, 1.82) is 0 Å². The van der Waals surface area contributed by atoms with Gasteiger partial charge in [0.25, 0.3) is 0 Å². The van der Waals surface area contributed by atoms with Crippen molar-refractivity contribution in [3.05, 3.63) is 58.7 Å². The minimum atomic E-state index is 0.152. The van der Waals surface area contributed by atoms with Crippen molar-refractivity contribution < 1.29 is 14.3 Å². The minimum Gasteiger partial charge on any atom is -0.493 e. The number of aromatic nitrogens is 1. The van der Waals surface area contributed by atoms with Gasteiger partial charge in [-0.15, -0.1) is 0 Å². The zero-order valence-corrected chi connectivity index (χ0v) is 17.5. The summed E-state index contributed by atoms with van der Waals surface area (Å²) in [5, 5.41) is 1.89. The van der Waals surface area contributed by atoms with Gasteiger partial charge in [-0.05, 0) is 54.8 Å². The Balaban J connectivity index is 1.38. The lowest BCUT2D eigenvalue weighted by atomic mass is 9.93. The normalized spacial score (nSPS) is 14.9. The molecule has 6 heteroatoms. The standard InChI is InChI=1S/C23H25ClN2O3/c1-28-21-6-3-15(11-22(21)29-2)12-23(27)26-9-7-16(8-10-26)20-14-17-13-18(24)4-5-19(17)25-20/h3-6,11,13-14,16,25H,7-10,12H2,1-2H3. The van der Waals surface area contributed by atoms with Crippen LogP contribution in [0.15, 0.2) is 42.5 Å². The van der Waals surface area contributed by atoms with Crippen LogP contribution in [0, 0.1) is 0 Å². The molecule has 0 saturated carbocycles. The third kappa shape index (κ3) is 4.20. The molecule has 1 saturated heterocycles. The second-order valence-electron chi connectivity index (χ2n) is 7.48. The van der Waals surface area contributed by atoms with E-state index in [1.165, 1.54) is 5.69 Å². The van der Waals surface area contributed by atoms with Crippen LogP contribution in [0.3, 0.4) is 0 Å². The van der Waals surface area contributed by atoms with Gasteiger partial charge in [0.15, 0.2) is 11.5 Å². The molecule has 5 nitrogen and oxygen atoms in total. The number of nitrogens with zero attached hydrogens (tertiary/aromatic N) is 1. The Morgan fingerprint density at radius 2 is 1.83 bits per heavy atom. The van der Waals surface area contributed by atoms with Gasteiger partial charge in [0, 0.05) is 40.6 Å². The molecule has 0 radical (unpaired) electrons. The third-order valence-electron chi connectivity index (χ3n) is 5.69. The molecular formula is C23H25ClN2O3. The van der Waals surface area contributed by atoms with Crippen LogP contribution in [0.1, 0.15) is 30.0 Å². The summed E-state index contributed by atoms with van der Waals surface area (Å²) in [5.41, 5.74) is 3.27. The number of piperidine rings is 1. The van der Waals surface area contributed by atoms with Crippen LogP contribution in [-0.2, 0) is 11.2 Å². The molecule has 2 aromatic carbocycles. The molecule has 0 spiro atoms. The van der Waals surface area contributed by atoms with Gasteiger partial charge < -0.3 is 19.4 Å². The number of carbonyl (C=O) groups excluding carboxylic acids is 1. The number of H-pyrrole nitrogens is 1. The highest BCUT2D eigenvalue weighted by molar-refractivity contribution is 6.31. The highest BCUT2D eigenvalue weighted by Crippen LogP contribution is 2.32. The Labute approximate surface area is 175 Å². The highest BCUT2D eigenvalue weighted by Gasteiger charge is 2.25. The number of fused-ring (bicyclic) bond motifs is 1. The first-order valence-electron chi connectivity index (χ1n) is 9.84. The third-order valence-corrected chi connectivity index (χ3v) is 5.93. The summed E-state index contributed by atoms with van der Waals surface area (Å²) < 4.78 is 10.6. The van der Waals surface area contributed by atoms with E-state index >= 15 is 0 Å². The molecule has 2 heterocycles. The minimum absolute atomic E-state index is 0.152. The highest BCUT2D eigenvalue weighted by atomic mass is 35.5. The fourth-order valence-electron chi connectivity index (χ4n) is 4.06. The number of rotatable bonds is 5. The van der Waals surface area contributed by atoms with Crippen molar-refractivity contribution >= 4 is 28.4 Å². The number of ether oxygens (including phenoxy) is 2. The number of nitrogens with one attached hydrogen (secondary N) is 1. The molecule has 1 amide bonds. The van der Waals surface area contributed by atoms with Crippen LogP contribution in [0.2, 0.25) is 5.02 Å². The van der Waals surface area contributed by atoms with Gasteiger partial charge in [0.2, 0.25) is 5.91 Å². The lowest BCUT2D eigenvalue weighted by Gasteiger charge is -2.31. The molecule has 1 N–H and O–H groups in total. The maximum Gasteiger partial charge on any atom is 0.226 e. The molecule has 0 atom stereocenters. The van der Waals surface area contributed by atoms with Gasteiger partial charge >= 0.3 is 0 Å². The van der Waals surface area contributed by atoms with E-state index in [9.17, 15) is 4.79 Å². The van der Waals surface area contributed by atoms with Crippen molar-refractivity contribution in [2.45, 2.75) is 25.2 Å². The maximum atomic E-state index is 12.8. The quantitative estimate of drug-likeness (QED) is 0.655. The van der Waals surface area contributed by atoms with E-state index in [0.29, 0.717) is 23.8 Å². The molecule has 152 valence electrons. The van der Waals surface area contributed by atoms with E-state index in [2.05, 4.69) is 11.1 Å². The van der Waals surface area contributed by atoms with Gasteiger partial charge in [-0.2, -0.15) is 0 Å². The fourth-order valence-corrected chi connectivity index (χ4v) is 4.24. The summed E-state index contributed by atoms with van der Waals surface area (Å²) in [6.07, 6.45) is 2.28. The molecule has 29 heavy (non-hydrogen) atoms. The van der Waals surface area contributed by atoms with Crippen LogP contribution < -0.4 is 9.47 Å². The molecule has 0 aliphatic carbocycles. The number of halogens is 1. The van der Waals surface area contributed by atoms with Crippen molar-refractivity contribution in [3.8, 4) is 11.5 Å². The number of benzene rings is 2. The lowest BCUT2D eigenvalue weighted by molar-refractivity contribution is -0.131. The average molecular weight is 413 g/mol. The molecular weight excluding hydrogens is 388 g/mol. The van der Waals surface area contributed by atoms with Gasteiger partial charge in [-0.25, -0.2) is 0 Å². The molecule has 0 bridgehead atoms. The van der Waals surface area contributed by atoms with E-state index in [4.69, 9.17) is 21.1 Å². The van der Waals surface area contributed by atoms with E-state index in [0.717, 1.165) is 47.4 Å². The predicted octanol–water partition coefficient (Wildman–Crippen LogP) is 4.79. The van der Waals surface area contributed by atoms with Crippen LogP contribution in [0.5, 0.6) is 11.5 Å². The predicted molar refractivity (Wildman–Crippen MR) is 115 cm³/mol. The summed E-state index contributed by atoms with van der Waals surface area (Å²) in [4.78, 5) is 18.3. The topological polar surface area (TPSA) is 54.6 Å². The lowest BCUT2D eigenvalue weighted by Crippen LogP contribution is -2.38. The van der Waals surface area contributed by atoms with E-state index in [1.807, 2.05) is 41.3 Å². The Morgan fingerprint density at radius 1 is 1.07 bits per heavy atom. The summed E-state index contributed by atoms with van der Waals surface area (Å²) in [5.74, 6) is 1.91. The SMILES string of the molecule is COc1ccc(CC(=O)N2CCC(c3cc4cc(Cl)ccc4[nH]3)CC2)cc1OC. The summed E-state index contributed by atoms with van der Waals surface area (Å²) in [6, 6.07) is 13.7. The Kier molecular flexibility index (Phi) is 5.67. The Hall–Kier alpha value is -2.66. The van der Waals surface area contributed by atoms with Crippen molar-refractivity contribution in [1.82, 2.24) is 9.88 Å². The second kappa shape index (κ2) is 8.37. The van der Waals surface area contributed by atoms with Crippen molar-refractivity contribution in [3.63, 3.8) is 0 Å². The van der Waals surface area contributed by atoms with Gasteiger partial charge in [0.05, 0.1) is 20.6 Å². The number of hydrogen-bond acceptors (Lipinski definition) is 3. The number of hydrogen-bond donors (Lipinski definition) is 1. The summed E-state index contributed by atoms with van der Waals surface area (Å²) in [6.45, 7) is 1.54.